The van der Waals surface area contributed by atoms with E-state index in [0.717, 1.165) is 36.1 Å². The van der Waals surface area contributed by atoms with E-state index in [-0.39, 0.29) is 18.4 Å². The Labute approximate surface area is 170 Å². The first-order valence-electron chi connectivity index (χ1n) is 10.00. The van der Waals surface area contributed by atoms with Crippen molar-refractivity contribution in [2.24, 2.45) is 0 Å². The van der Waals surface area contributed by atoms with Gasteiger partial charge in [0, 0.05) is 12.1 Å². The third-order valence-corrected chi connectivity index (χ3v) is 5.71. The fourth-order valence-electron chi connectivity index (χ4n) is 4.13. The molecule has 152 valence electrons. The first-order chi connectivity index (χ1) is 14.0. The average molecular weight is 394 g/mol. The molecule has 1 atom stereocenters. The number of methoxy groups -OCH3 is 1. The first-order valence-corrected chi connectivity index (χ1v) is 10.00. The minimum Gasteiger partial charge on any atom is -0.496 e. The SMILES string of the molecule is COc1cc2c(cc1CNC(=O)C(C)N1C(=O)COc3ccc(C)cc31)CCC2. The molecule has 1 aliphatic heterocycles. The Morgan fingerprint density at radius 1 is 1.24 bits per heavy atom. The molecule has 0 radical (unpaired) electrons. The number of rotatable bonds is 5. The van der Waals surface area contributed by atoms with Crippen LogP contribution in [0.15, 0.2) is 30.3 Å². The molecule has 0 saturated heterocycles. The molecular formula is C23H26N2O4. The van der Waals surface area contributed by atoms with E-state index in [1.807, 2.05) is 25.1 Å². The summed E-state index contributed by atoms with van der Waals surface area (Å²) in [6.07, 6.45) is 3.30. The monoisotopic (exact) mass is 394 g/mol. The van der Waals surface area contributed by atoms with Gasteiger partial charge in [-0.05, 0) is 68.0 Å². The Morgan fingerprint density at radius 2 is 2.00 bits per heavy atom. The molecule has 1 unspecified atom stereocenters. The van der Waals surface area contributed by atoms with Crippen molar-refractivity contribution in [1.82, 2.24) is 5.32 Å². The van der Waals surface area contributed by atoms with Crippen LogP contribution < -0.4 is 19.7 Å². The number of hydrogen-bond donors (Lipinski definition) is 1. The average Bonchev–Trinajstić information content (AvgIpc) is 3.17. The molecule has 29 heavy (non-hydrogen) atoms. The van der Waals surface area contributed by atoms with Crippen LogP contribution in [0.2, 0.25) is 0 Å². The van der Waals surface area contributed by atoms with Crippen molar-refractivity contribution in [2.45, 2.75) is 45.7 Å². The van der Waals surface area contributed by atoms with Crippen molar-refractivity contribution in [2.75, 3.05) is 18.6 Å². The Morgan fingerprint density at radius 3 is 2.76 bits per heavy atom. The number of ether oxygens (including phenoxy) is 2. The summed E-state index contributed by atoms with van der Waals surface area (Å²) in [5.41, 5.74) is 5.26. The van der Waals surface area contributed by atoms with E-state index in [0.29, 0.717) is 18.0 Å². The maximum Gasteiger partial charge on any atom is 0.265 e. The molecule has 0 spiro atoms. The van der Waals surface area contributed by atoms with Crippen LogP contribution in [0.3, 0.4) is 0 Å². The molecule has 1 aliphatic carbocycles. The predicted octanol–water partition coefficient (Wildman–Crippen LogP) is 2.92. The highest BCUT2D eigenvalue weighted by Gasteiger charge is 2.33. The van der Waals surface area contributed by atoms with Crippen molar-refractivity contribution in [1.29, 1.82) is 0 Å². The molecule has 0 bridgehead atoms. The third kappa shape index (κ3) is 3.67. The number of carbonyl (C=O) groups excluding carboxylic acids is 2. The maximum absolute atomic E-state index is 12.9. The van der Waals surface area contributed by atoms with Crippen LogP contribution in [0.25, 0.3) is 0 Å². The van der Waals surface area contributed by atoms with E-state index in [9.17, 15) is 9.59 Å². The van der Waals surface area contributed by atoms with Gasteiger partial charge < -0.3 is 14.8 Å². The molecule has 6 heteroatoms. The summed E-state index contributed by atoms with van der Waals surface area (Å²) < 4.78 is 11.0. The lowest BCUT2D eigenvalue weighted by atomic mass is 10.0. The van der Waals surface area contributed by atoms with Crippen LogP contribution in [-0.2, 0) is 29.0 Å². The van der Waals surface area contributed by atoms with E-state index in [4.69, 9.17) is 9.47 Å². The van der Waals surface area contributed by atoms with E-state index >= 15 is 0 Å². The highest BCUT2D eigenvalue weighted by atomic mass is 16.5. The normalized spacial score (nSPS) is 16.0. The molecule has 0 aromatic heterocycles. The molecule has 2 amide bonds. The van der Waals surface area contributed by atoms with Gasteiger partial charge in [0.15, 0.2) is 6.61 Å². The van der Waals surface area contributed by atoms with Gasteiger partial charge in [0.05, 0.1) is 12.8 Å². The molecule has 2 aromatic carbocycles. The zero-order chi connectivity index (χ0) is 20.5. The number of fused-ring (bicyclic) bond motifs is 2. The fourth-order valence-corrected chi connectivity index (χ4v) is 4.13. The van der Waals surface area contributed by atoms with Gasteiger partial charge in [-0.25, -0.2) is 0 Å². The topological polar surface area (TPSA) is 67.9 Å². The number of amides is 2. The second-order valence-electron chi connectivity index (χ2n) is 7.70. The fraction of sp³-hybridized carbons (Fsp3) is 0.391. The molecule has 2 aliphatic rings. The first kappa shape index (κ1) is 19.3. The summed E-state index contributed by atoms with van der Waals surface area (Å²) in [4.78, 5) is 26.9. The van der Waals surface area contributed by atoms with Gasteiger partial charge in [-0.3, -0.25) is 14.5 Å². The van der Waals surface area contributed by atoms with Crippen LogP contribution in [0.1, 0.15) is 35.6 Å². The summed E-state index contributed by atoms with van der Waals surface area (Å²) in [5, 5.41) is 2.97. The summed E-state index contributed by atoms with van der Waals surface area (Å²) >= 11 is 0. The van der Waals surface area contributed by atoms with Gasteiger partial charge in [-0.2, -0.15) is 0 Å². The second-order valence-corrected chi connectivity index (χ2v) is 7.70. The van der Waals surface area contributed by atoms with E-state index in [1.54, 1.807) is 14.0 Å². The lowest BCUT2D eigenvalue weighted by molar-refractivity contribution is -0.127. The Bertz CT molecular complexity index is 970. The number of aryl methyl sites for hydroxylation is 3. The second kappa shape index (κ2) is 7.78. The lowest BCUT2D eigenvalue weighted by Gasteiger charge is -2.33. The largest absolute Gasteiger partial charge is 0.496 e. The highest BCUT2D eigenvalue weighted by Crippen LogP contribution is 2.34. The predicted molar refractivity (Wildman–Crippen MR) is 110 cm³/mol. The Balaban J connectivity index is 1.51. The summed E-state index contributed by atoms with van der Waals surface area (Å²) in [7, 11) is 1.65. The summed E-state index contributed by atoms with van der Waals surface area (Å²) in [6, 6.07) is 9.21. The Kier molecular flexibility index (Phi) is 5.18. The zero-order valence-corrected chi connectivity index (χ0v) is 17.1. The molecular weight excluding hydrogens is 368 g/mol. The van der Waals surface area contributed by atoms with Gasteiger partial charge in [0.1, 0.15) is 17.5 Å². The van der Waals surface area contributed by atoms with Crippen LogP contribution in [0, 0.1) is 6.92 Å². The summed E-state index contributed by atoms with van der Waals surface area (Å²) in [5.74, 6) is 0.980. The van der Waals surface area contributed by atoms with Crippen LogP contribution in [0.5, 0.6) is 11.5 Å². The minimum atomic E-state index is -0.646. The molecule has 1 heterocycles. The van der Waals surface area contributed by atoms with E-state index in [1.165, 1.54) is 16.0 Å². The van der Waals surface area contributed by atoms with Gasteiger partial charge in [0.25, 0.3) is 5.91 Å². The van der Waals surface area contributed by atoms with Crippen LogP contribution >= 0.6 is 0 Å². The number of anilines is 1. The minimum absolute atomic E-state index is 0.0632. The van der Waals surface area contributed by atoms with E-state index in [2.05, 4.69) is 17.4 Å². The molecule has 4 rings (SSSR count). The number of carbonyl (C=O) groups is 2. The van der Waals surface area contributed by atoms with Crippen molar-refractivity contribution < 1.29 is 19.1 Å². The van der Waals surface area contributed by atoms with Gasteiger partial charge in [-0.15, -0.1) is 0 Å². The van der Waals surface area contributed by atoms with Crippen molar-refractivity contribution in [3.63, 3.8) is 0 Å². The number of hydrogen-bond acceptors (Lipinski definition) is 4. The lowest BCUT2D eigenvalue weighted by Crippen LogP contribution is -2.51. The van der Waals surface area contributed by atoms with Crippen molar-refractivity contribution in [3.8, 4) is 11.5 Å². The van der Waals surface area contributed by atoms with Crippen molar-refractivity contribution in [3.05, 3.63) is 52.6 Å². The van der Waals surface area contributed by atoms with Gasteiger partial charge in [-0.1, -0.05) is 12.1 Å². The van der Waals surface area contributed by atoms with Crippen LogP contribution in [-0.4, -0.2) is 31.6 Å². The molecule has 0 saturated carbocycles. The number of nitrogens with one attached hydrogen (secondary N) is 1. The standard InChI is InChI=1S/C23H26N2O4/c1-14-7-8-20-19(9-14)25(22(26)13-29-20)15(2)23(27)24-12-18-10-16-5-4-6-17(16)11-21(18)28-3/h7-11,15H,4-6,12-13H2,1-3H3,(H,24,27). The smallest absolute Gasteiger partial charge is 0.265 e. The molecule has 6 nitrogen and oxygen atoms in total. The molecule has 2 aromatic rings. The maximum atomic E-state index is 12.9. The van der Waals surface area contributed by atoms with Gasteiger partial charge >= 0.3 is 0 Å². The number of nitrogens with zero attached hydrogens (tertiary/aromatic N) is 1. The zero-order valence-electron chi connectivity index (χ0n) is 17.1. The van der Waals surface area contributed by atoms with Crippen LogP contribution in [0.4, 0.5) is 5.69 Å². The van der Waals surface area contributed by atoms with E-state index < -0.39 is 6.04 Å². The summed E-state index contributed by atoms with van der Waals surface area (Å²) in [6.45, 7) is 3.98. The Hall–Kier alpha value is -3.02. The van der Waals surface area contributed by atoms with Gasteiger partial charge in [0.2, 0.25) is 5.91 Å². The quantitative estimate of drug-likeness (QED) is 0.847. The molecule has 1 N–H and O–H groups in total. The molecule has 0 fully saturated rings. The number of benzene rings is 2. The highest BCUT2D eigenvalue weighted by molar-refractivity contribution is 6.03. The third-order valence-electron chi connectivity index (χ3n) is 5.71. The van der Waals surface area contributed by atoms with Crippen molar-refractivity contribution >= 4 is 17.5 Å².